The summed E-state index contributed by atoms with van der Waals surface area (Å²) in [5, 5.41) is 0. The fourth-order valence-electron chi connectivity index (χ4n) is 1.81. The quantitative estimate of drug-likeness (QED) is 0.857. The lowest BCUT2D eigenvalue weighted by molar-refractivity contribution is 0.0738. The Morgan fingerprint density at radius 1 is 1.37 bits per heavy atom. The second-order valence-corrected chi connectivity index (χ2v) is 5.04. The van der Waals surface area contributed by atoms with Gasteiger partial charge in [-0.05, 0) is 51.9 Å². The Morgan fingerprint density at radius 3 is 2.63 bits per heavy atom. The molecule has 0 saturated carbocycles. The molecule has 0 heterocycles. The fourth-order valence-corrected chi connectivity index (χ4v) is 1.81. The van der Waals surface area contributed by atoms with Crippen molar-refractivity contribution in [1.29, 1.82) is 0 Å². The van der Waals surface area contributed by atoms with Crippen molar-refractivity contribution in [2.45, 2.75) is 39.3 Å². The van der Waals surface area contributed by atoms with E-state index in [1.165, 1.54) is 0 Å². The van der Waals surface area contributed by atoms with Crippen molar-refractivity contribution >= 4 is 5.91 Å². The minimum absolute atomic E-state index is 0.00449. The molecule has 1 unspecified atom stereocenters. The van der Waals surface area contributed by atoms with Gasteiger partial charge < -0.3 is 15.4 Å². The fraction of sp³-hybridized carbons (Fsp3) is 0.533. The van der Waals surface area contributed by atoms with Crippen LogP contribution in [-0.4, -0.2) is 36.5 Å². The Morgan fingerprint density at radius 2 is 2.05 bits per heavy atom. The zero-order chi connectivity index (χ0) is 14.4. The molecule has 4 nitrogen and oxygen atoms in total. The Balaban J connectivity index is 2.81. The van der Waals surface area contributed by atoms with Crippen molar-refractivity contribution in [3.05, 3.63) is 29.8 Å². The van der Waals surface area contributed by atoms with Crippen LogP contribution in [0.3, 0.4) is 0 Å². The van der Waals surface area contributed by atoms with Gasteiger partial charge in [0.15, 0.2) is 0 Å². The van der Waals surface area contributed by atoms with E-state index in [1.807, 2.05) is 32.9 Å². The summed E-state index contributed by atoms with van der Waals surface area (Å²) in [6.45, 7) is 6.50. The monoisotopic (exact) mass is 264 g/mol. The van der Waals surface area contributed by atoms with Gasteiger partial charge in [0.25, 0.3) is 5.91 Å². The molecule has 106 valence electrons. The lowest BCUT2D eigenvalue weighted by atomic mass is 10.1. The summed E-state index contributed by atoms with van der Waals surface area (Å²) < 4.78 is 5.60. The predicted octanol–water partition coefficient (Wildman–Crippen LogP) is 2.28. The topological polar surface area (TPSA) is 55.6 Å². The van der Waals surface area contributed by atoms with Crippen LogP contribution < -0.4 is 10.5 Å². The maximum atomic E-state index is 12.3. The van der Waals surface area contributed by atoms with E-state index < -0.39 is 0 Å². The Kier molecular flexibility index (Phi) is 5.83. The second kappa shape index (κ2) is 7.14. The first-order valence-electron chi connectivity index (χ1n) is 6.69. The van der Waals surface area contributed by atoms with Gasteiger partial charge in [-0.15, -0.1) is 0 Å². The third-order valence-corrected chi connectivity index (χ3v) is 3.02. The van der Waals surface area contributed by atoms with Crippen molar-refractivity contribution in [2.75, 3.05) is 13.6 Å². The van der Waals surface area contributed by atoms with E-state index >= 15 is 0 Å². The van der Waals surface area contributed by atoms with Gasteiger partial charge in [-0.1, -0.05) is 6.07 Å². The summed E-state index contributed by atoms with van der Waals surface area (Å²) in [5.74, 6) is 0.718. The normalized spacial score (nSPS) is 12.3. The van der Waals surface area contributed by atoms with Gasteiger partial charge in [0.05, 0.1) is 6.10 Å². The van der Waals surface area contributed by atoms with Crippen molar-refractivity contribution in [2.24, 2.45) is 5.73 Å². The molecular formula is C15H24N2O2. The first-order valence-corrected chi connectivity index (χ1v) is 6.69. The Labute approximate surface area is 115 Å². The highest BCUT2D eigenvalue weighted by Gasteiger charge is 2.17. The zero-order valence-corrected chi connectivity index (χ0v) is 12.2. The van der Waals surface area contributed by atoms with Gasteiger partial charge in [0.1, 0.15) is 5.75 Å². The van der Waals surface area contributed by atoms with E-state index in [-0.39, 0.29) is 18.1 Å². The molecule has 0 bridgehead atoms. The van der Waals surface area contributed by atoms with Crippen LogP contribution in [0.25, 0.3) is 0 Å². The number of hydrogen-bond donors (Lipinski definition) is 1. The maximum absolute atomic E-state index is 12.3. The van der Waals surface area contributed by atoms with E-state index in [9.17, 15) is 4.79 Å². The Hall–Kier alpha value is -1.55. The molecule has 1 atom stereocenters. The van der Waals surface area contributed by atoms with Gasteiger partial charge in [-0.25, -0.2) is 0 Å². The summed E-state index contributed by atoms with van der Waals surface area (Å²) in [4.78, 5) is 14.1. The van der Waals surface area contributed by atoms with Gasteiger partial charge in [0.2, 0.25) is 0 Å². The summed E-state index contributed by atoms with van der Waals surface area (Å²) in [6, 6.07) is 7.42. The summed E-state index contributed by atoms with van der Waals surface area (Å²) in [5.41, 5.74) is 6.17. The van der Waals surface area contributed by atoms with Crippen LogP contribution >= 0.6 is 0 Å². The molecule has 0 radical (unpaired) electrons. The van der Waals surface area contributed by atoms with Crippen molar-refractivity contribution in [3.8, 4) is 5.75 Å². The standard InChI is InChI=1S/C15H24N2O2/c1-11(2)19-14-7-5-6-13(10-14)15(18)17(4)12(3)8-9-16/h5-7,10-12H,8-9,16H2,1-4H3. The lowest BCUT2D eigenvalue weighted by Gasteiger charge is -2.24. The molecule has 4 heteroatoms. The number of amides is 1. The van der Waals surface area contributed by atoms with Crippen molar-refractivity contribution < 1.29 is 9.53 Å². The highest BCUT2D eigenvalue weighted by atomic mass is 16.5. The third kappa shape index (κ3) is 4.56. The molecule has 1 amide bonds. The largest absolute Gasteiger partial charge is 0.491 e. The molecule has 1 aromatic carbocycles. The van der Waals surface area contributed by atoms with Gasteiger partial charge in [0, 0.05) is 18.7 Å². The molecule has 0 aromatic heterocycles. The van der Waals surface area contributed by atoms with Gasteiger partial charge >= 0.3 is 0 Å². The summed E-state index contributed by atoms with van der Waals surface area (Å²) >= 11 is 0. The highest BCUT2D eigenvalue weighted by molar-refractivity contribution is 5.94. The minimum atomic E-state index is -0.00449. The van der Waals surface area contributed by atoms with Crippen LogP contribution in [0.1, 0.15) is 37.6 Å². The minimum Gasteiger partial charge on any atom is -0.491 e. The average molecular weight is 264 g/mol. The lowest BCUT2D eigenvalue weighted by Crippen LogP contribution is -2.36. The van der Waals surface area contributed by atoms with Crippen LogP contribution in [0.2, 0.25) is 0 Å². The first kappa shape index (κ1) is 15.5. The molecule has 1 aromatic rings. The third-order valence-electron chi connectivity index (χ3n) is 3.02. The number of benzene rings is 1. The molecule has 1 rings (SSSR count). The number of carbonyl (C=O) groups is 1. The summed E-state index contributed by atoms with van der Waals surface area (Å²) in [6.07, 6.45) is 0.893. The van der Waals surface area contributed by atoms with Crippen LogP contribution in [0.5, 0.6) is 5.75 Å². The SMILES string of the molecule is CC(C)Oc1cccc(C(=O)N(C)C(C)CCN)c1. The molecule has 0 fully saturated rings. The van der Waals surface area contributed by atoms with Crippen LogP contribution in [0.4, 0.5) is 0 Å². The number of carbonyl (C=O) groups excluding carboxylic acids is 1. The number of nitrogens with zero attached hydrogens (tertiary/aromatic N) is 1. The van der Waals surface area contributed by atoms with Crippen LogP contribution in [-0.2, 0) is 0 Å². The smallest absolute Gasteiger partial charge is 0.253 e. The average Bonchev–Trinajstić information content (AvgIpc) is 2.36. The van der Waals surface area contributed by atoms with Crippen LogP contribution in [0.15, 0.2) is 24.3 Å². The van der Waals surface area contributed by atoms with E-state index in [0.29, 0.717) is 12.1 Å². The Bertz CT molecular complexity index is 418. The molecule has 0 aliphatic carbocycles. The molecule has 0 spiro atoms. The molecule has 0 aliphatic heterocycles. The zero-order valence-electron chi connectivity index (χ0n) is 12.2. The number of nitrogens with two attached hydrogens (primary N) is 1. The summed E-state index contributed by atoms with van der Waals surface area (Å²) in [7, 11) is 1.80. The first-order chi connectivity index (χ1) is 8.95. The highest BCUT2D eigenvalue weighted by Crippen LogP contribution is 2.17. The van der Waals surface area contributed by atoms with Crippen molar-refractivity contribution in [1.82, 2.24) is 4.90 Å². The molecule has 0 saturated heterocycles. The predicted molar refractivity (Wildman–Crippen MR) is 77.4 cm³/mol. The molecule has 0 aliphatic rings. The molecule has 19 heavy (non-hydrogen) atoms. The van der Waals surface area contributed by atoms with Crippen LogP contribution in [0, 0.1) is 0 Å². The van der Waals surface area contributed by atoms with Gasteiger partial charge in [-0.3, -0.25) is 4.79 Å². The maximum Gasteiger partial charge on any atom is 0.253 e. The van der Waals surface area contributed by atoms with Crippen molar-refractivity contribution in [3.63, 3.8) is 0 Å². The number of rotatable bonds is 6. The molecular weight excluding hydrogens is 240 g/mol. The second-order valence-electron chi connectivity index (χ2n) is 5.04. The van der Waals surface area contributed by atoms with E-state index in [1.54, 1.807) is 24.1 Å². The number of hydrogen-bond acceptors (Lipinski definition) is 3. The number of ether oxygens (including phenoxy) is 1. The van der Waals surface area contributed by atoms with Gasteiger partial charge in [-0.2, -0.15) is 0 Å². The van der Waals surface area contributed by atoms with E-state index in [4.69, 9.17) is 10.5 Å². The van der Waals surface area contributed by atoms with E-state index in [2.05, 4.69) is 0 Å². The van der Waals surface area contributed by atoms with E-state index in [0.717, 1.165) is 12.2 Å². The molecule has 2 N–H and O–H groups in total.